The molecule has 0 aliphatic carbocycles. The lowest BCUT2D eigenvalue weighted by atomic mass is 10.2. The topological polar surface area (TPSA) is 24.9 Å². The molecule has 1 unspecified atom stereocenters. The summed E-state index contributed by atoms with van der Waals surface area (Å²) in [5.41, 5.74) is 0. The maximum atomic E-state index is 6.09. The van der Waals surface area contributed by atoms with E-state index in [-0.39, 0.29) is 11.2 Å². The number of thiophene rings is 1. The quantitative estimate of drug-likeness (QED) is 0.751. The van der Waals surface area contributed by atoms with E-state index in [2.05, 4.69) is 36.3 Å². The summed E-state index contributed by atoms with van der Waals surface area (Å²) in [5, 5.41) is 4.35. The molecule has 1 N–H and O–H groups in total. The van der Waals surface area contributed by atoms with E-state index in [1.165, 1.54) is 9.75 Å². The maximum Gasteiger partial charge on any atom is 0.150 e. The number of hydrogen-bond acceptors (Lipinski definition) is 3. The molecule has 0 saturated heterocycles. The predicted octanol–water partition coefficient (Wildman–Crippen LogP) is 5.45. The highest BCUT2D eigenvalue weighted by molar-refractivity contribution is 7.11. The van der Waals surface area contributed by atoms with Gasteiger partial charge in [-0.05, 0) is 32.0 Å². The van der Waals surface area contributed by atoms with Crippen LogP contribution >= 0.6 is 46.1 Å². The first-order valence-electron chi connectivity index (χ1n) is 5.79. The first-order chi connectivity index (χ1) is 8.95. The smallest absolute Gasteiger partial charge is 0.150 e. The van der Waals surface area contributed by atoms with Crippen molar-refractivity contribution in [1.82, 2.24) is 4.98 Å². The number of anilines is 1. The van der Waals surface area contributed by atoms with Gasteiger partial charge in [-0.1, -0.05) is 34.8 Å². The SMILES string of the molecule is Cc1ccc(CC(C)Nc2nc(Cl)c(Cl)cc2Cl)s1. The largest absolute Gasteiger partial charge is 0.366 e. The van der Waals surface area contributed by atoms with Gasteiger partial charge in [-0.25, -0.2) is 4.98 Å². The van der Waals surface area contributed by atoms with Gasteiger partial charge in [0.15, 0.2) is 0 Å². The van der Waals surface area contributed by atoms with Crippen LogP contribution < -0.4 is 5.32 Å². The Kier molecular flexibility index (Phi) is 4.96. The fraction of sp³-hybridized carbons (Fsp3) is 0.308. The van der Waals surface area contributed by atoms with Crippen molar-refractivity contribution in [3.63, 3.8) is 0 Å². The van der Waals surface area contributed by atoms with Gasteiger partial charge in [0.1, 0.15) is 11.0 Å². The van der Waals surface area contributed by atoms with Crippen LogP contribution in [-0.4, -0.2) is 11.0 Å². The lowest BCUT2D eigenvalue weighted by Gasteiger charge is -2.15. The standard InChI is InChI=1S/C13H13Cl3N2S/c1-7(5-9-4-3-8(2)19-9)17-13-11(15)6-10(14)12(16)18-13/h3-4,6-7H,5H2,1-2H3,(H,17,18). The molecule has 6 heteroatoms. The zero-order chi connectivity index (χ0) is 14.0. The Morgan fingerprint density at radius 2 is 2.00 bits per heavy atom. The molecule has 2 aromatic rings. The summed E-state index contributed by atoms with van der Waals surface area (Å²) in [6.45, 7) is 4.18. The van der Waals surface area contributed by atoms with E-state index in [0.717, 1.165) is 6.42 Å². The lowest BCUT2D eigenvalue weighted by molar-refractivity contribution is 0.794. The Labute approximate surface area is 131 Å². The Hall–Kier alpha value is -0.480. The number of hydrogen-bond donors (Lipinski definition) is 1. The Morgan fingerprint density at radius 3 is 2.63 bits per heavy atom. The molecule has 0 radical (unpaired) electrons. The number of pyridine rings is 1. The van der Waals surface area contributed by atoms with Crippen molar-refractivity contribution >= 4 is 52.0 Å². The van der Waals surface area contributed by atoms with E-state index >= 15 is 0 Å². The molecule has 0 amide bonds. The van der Waals surface area contributed by atoms with Gasteiger partial charge >= 0.3 is 0 Å². The Morgan fingerprint density at radius 1 is 1.26 bits per heavy atom. The van der Waals surface area contributed by atoms with Crippen LogP contribution in [0.1, 0.15) is 16.7 Å². The molecule has 102 valence electrons. The highest BCUT2D eigenvalue weighted by Gasteiger charge is 2.11. The van der Waals surface area contributed by atoms with Crippen molar-refractivity contribution in [3.8, 4) is 0 Å². The van der Waals surface area contributed by atoms with E-state index in [1.807, 2.05) is 0 Å². The molecule has 19 heavy (non-hydrogen) atoms. The van der Waals surface area contributed by atoms with Crippen molar-refractivity contribution in [2.75, 3.05) is 5.32 Å². The number of aryl methyl sites for hydroxylation is 1. The molecule has 0 saturated carbocycles. The molecule has 0 aromatic carbocycles. The highest BCUT2D eigenvalue weighted by Crippen LogP contribution is 2.29. The van der Waals surface area contributed by atoms with Crippen LogP contribution in [0.3, 0.4) is 0 Å². The van der Waals surface area contributed by atoms with Crippen molar-refractivity contribution < 1.29 is 0 Å². The number of rotatable bonds is 4. The summed E-state index contributed by atoms with van der Waals surface area (Å²) < 4.78 is 0. The van der Waals surface area contributed by atoms with Gasteiger partial charge in [-0.15, -0.1) is 11.3 Å². The van der Waals surface area contributed by atoms with Crippen LogP contribution in [-0.2, 0) is 6.42 Å². The van der Waals surface area contributed by atoms with Gasteiger partial charge in [-0.2, -0.15) is 0 Å². The van der Waals surface area contributed by atoms with E-state index in [9.17, 15) is 0 Å². The van der Waals surface area contributed by atoms with Crippen molar-refractivity contribution in [3.05, 3.63) is 43.2 Å². The van der Waals surface area contributed by atoms with Crippen LogP contribution in [0.4, 0.5) is 5.82 Å². The Balaban J connectivity index is 2.06. The number of aromatic nitrogens is 1. The predicted molar refractivity (Wildman–Crippen MR) is 85.1 cm³/mol. The second-order valence-corrected chi connectivity index (χ2v) is 6.90. The van der Waals surface area contributed by atoms with Crippen LogP contribution in [0.15, 0.2) is 18.2 Å². The molecule has 2 aromatic heterocycles. The second kappa shape index (κ2) is 6.31. The summed E-state index contributed by atoms with van der Waals surface area (Å²) in [6.07, 6.45) is 0.913. The van der Waals surface area contributed by atoms with Gasteiger partial charge in [0.2, 0.25) is 0 Å². The highest BCUT2D eigenvalue weighted by atomic mass is 35.5. The fourth-order valence-electron chi connectivity index (χ4n) is 1.73. The van der Waals surface area contributed by atoms with Crippen LogP contribution in [0, 0.1) is 6.92 Å². The molecule has 0 bridgehead atoms. The monoisotopic (exact) mass is 334 g/mol. The molecular weight excluding hydrogens is 323 g/mol. The molecule has 0 aliphatic rings. The first kappa shape index (κ1) is 14.9. The summed E-state index contributed by atoms with van der Waals surface area (Å²) in [6, 6.07) is 6.07. The number of halogens is 3. The summed E-state index contributed by atoms with van der Waals surface area (Å²) in [4.78, 5) is 6.79. The van der Waals surface area contributed by atoms with Gasteiger partial charge in [-0.3, -0.25) is 0 Å². The Bertz CT molecular complexity index is 583. The van der Waals surface area contributed by atoms with Gasteiger partial charge in [0, 0.05) is 22.2 Å². The molecule has 2 rings (SSSR count). The minimum atomic E-state index is 0.209. The average Bonchev–Trinajstić information content (AvgIpc) is 2.71. The molecule has 2 nitrogen and oxygen atoms in total. The van der Waals surface area contributed by atoms with Crippen LogP contribution in [0.2, 0.25) is 15.2 Å². The van der Waals surface area contributed by atoms with E-state index in [4.69, 9.17) is 34.8 Å². The minimum absolute atomic E-state index is 0.209. The third-order valence-electron chi connectivity index (χ3n) is 2.57. The first-order valence-corrected chi connectivity index (χ1v) is 7.74. The molecule has 0 aliphatic heterocycles. The minimum Gasteiger partial charge on any atom is -0.366 e. The molecule has 0 spiro atoms. The summed E-state index contributed by atoms with van der Waals surface area (Å²) in [7, 11) is 0. The second-order valence-electron chi connectivity index (χ2n) is 4.35. The van der Waals surface area contributed by atoms with E-state index in [1.54, 1.807) is 17.4 Å². The normalized spacial score (nSPS) is 12.5. The van der Waals surface area contributed by atoms with Gasteiger partial charge < -0.3 is 5.32 Å². The number of nitrogens with one attached hydrogen (secondary N) is 1. The number of nitrogens with zero attached hydrogens (tertiary/aromatic N) is 1. The van der Waals surface area contributed by atoms with E-state index < -0.39 is 0 Å². The summed E-state index contributed by atoms with van der Waals surface area (Å²) in [5.74, 6) is 0.567. The fourth-order valence-corrected chi connectivity index (χ4v) is 3.30. The lowest BCUT2D eigenvalue weighted by Crippen LogP contribution is -2.18. The van der Waals surface area contributed by atoms with Gasteiger partial charge in [0.05, 0.1) is 10.0 Å². The van der Waals surface area contributed by atoms with Crippen LogP contribution in [0.25, 0.3) is 0 Å². The molecule has 0 fully saturated rings. The third kappa shape index (κ3) is 3.99. The zero-order valence-electron chi connectivity index (χ0n) is 10.5. The average molecular weight is 336 g/mol. The van der Waals surface area contributed by atoms with Crippen molar-refractivity contribution in [1.29, 1.82) is 0 Å². The van der Waals surface area contributed by atoms with Gasteiger partial charge in [0.25, 0.3) is 0 Å². The summed E-state index contributed by atoms with van der Waals surface area (Å²) >= 11 is 19.6. The molecule has 1 atom stereocenters. The maximum absolute atomic E-state index is 6.09. The van der Waals surface area contributed by atoms with Crippen LogP contribution in [0.5, 0.6) is 0 Å². The van der Waals surface area contributed by atoms with Crippen molar-refractivity contribution in [2.45, 2.75) is 26.3 Å². The molecular formula is C13H13Cl3N2S. The zero-order valence-corrected chi connectivity index (χ0v) is 13.6. The molecule has 2 heterocycles. The van der Waals surface area contributed by atoms with E-state index in [0.29, 0.717) is 15.9 Å². The third-order valence-corrected chi connectivity index (χ3v) is 4.56. The van der Waals surface area contributed by atoms with Crippen molar-refractivity contribution in [2.24, 2.45) is 0 Å².